The molecular formula is C20H21NO5. The molecule has 0 aliphatic carbocycles. The summed E-state index contributed by atoms with van der Waals surface area (Å²) in [5.41, 5.74) is 1.71. The molecule has 0 saturated heterocycles. The molecule has 6 nitrogen and oxygen atoms in total. The van der Waals surface area contributed by atoms with E-state index >= 15 is 0 Å². The van der Waals surface area contributed by atoms with Crippen LogP contribution in [-0.2, 0) is 20.9 Å². The van der Waals surface area contributed by atoms with Crippen LogP contribution in [0.25, 0.3) is 0 Å². The van der Waals surface area contributed by atoms with Crippen molar-refractivity contribution in [3.63, 3.8) is 0 Å². The van der Waals surface area contributed by atoms with E-state index < -0.39 is 18.2 Å². The first kappa shape index (κ1) is 19.3. The minimum Gasteiger partial charge on any atom is -0.464 e. The Bertz CT molecular complexity index is 743. The van der Waals surface area contributed by atoms with Gasteiger partial charge in [0.15, 0.2) is 6.10 Å². The van der Waals surface area contributed by atoms with Gasteiger partial charge >= 0.3 is 12.1 Å². The normalized spacial score (nSPS) is 12.3. The molecule has 0 aliphatic heterocycles. The number of amides is 1. The van der Waals surface area contributed by atoms with Gasteiger partial charge in [-0.3, -0.25) is 0 Å². The van der Waals surface area contributed by atoms with Gasteiger partial charge in [-0.15, -0.1) is 0 Å². The Morgan fingerprint density at radius 1 is 1.00 bits per heavy atom. The number of hydrogen-bond donors (Lipinski definition) is 1. The smallest absolute Gasteiger partial charge is 0.434 e. The number of rotatable bonds is 7. The SMILES string of the molecule is CCOC(=O)C(O)CC(=NC(=O)OCc1ccccc1)c1ccccc1. The van der Waals surface area contributed by atoms with Crippen LogP contribution in [0.4, 0.5) is 4.79 Å². The van der Waals surface area contributed by atoms with E-state index in [1.807, 2.05) is 36.4 Å². The van der Waals surface area contributed by atoms with Gasteiger partial charge in [0.2, 0.25) is 0 Å². The first-order valence-electron chi connectivity index (χ1n) is 8.28. The Morgan fingerprint density at radius 3 is 2.23 bits per heavy atom. The Morgan fingerprint density at radius 2 is 1.62 bits per heavy atom. The Hall–Kier alpha value is -2.99. The second kappa shape index (κ2) is 10.1. The Labute approximate surface area is 152 Å². The summed E-state index contributed by atoms with van der Waals surface area (Å²) < 4.78 is 9.94. The van der Waals surface area contributed by atoms with Crippen LogP contribution < -0.4 is 0 Å². The number of hydrogen-bond acceptors (Lipinski definition) is 5. The van der Waals surface area contributed by atoms with Gasteiger partial charge in [-0.05, 0) is 18.1 Å². The number of carbonyl (C=O) groups excluding carboxylic acids is 2. The van der Waals surface area contributed by atoms with E-state index in [-0.39, 0.29) is 25.3 Å². The van der Waals surface area contributed by atoms with Crippen LogP contribution in [0, 0.1) is 0 Å². The van der Waals surface area contributed by atoms with Crippen molar-refractivity contribution in [1.29, 1.82) is 0 Å². The van der Waals surface area contributed by atoms with E-state index in [9.17, 15) is 14.7 Å². The van der Waals surface area contributed by atoms with E-state index in [0.717, 1.165) is 5.56 Å². The summed E-state index contributed by atoms with van der Waals surface area (Å²) in [6.45, 7) is 1.90. The molecule has 1 unspecified atom stereocenters. The van der Waals surface area contributed by atoms with Crippen LogP contribution in [0.15, 0.2) is 65.7 Å². The van der Waals surface area contributed by atoms with Crippen molar-refractivity contribution in [2.75, 3.05) is 6.61 Å². The number of aliphatic hydroxyl groups is 1. The second-order valence-corrected chi connectivity index (χ2v) is 5.44. The molecular weight excluding hydrogens is 334 g/mol. The molecule has 0 heterocycles. The summed E-state index contributed by atoms with van der Waals surface area (Å²) in [7, 11) is 0. The third-order valence-corrected chi connectivity index (χ3v) is 3.48. The number of aliphatic imine (C=N–C) groups is 1. The number of esters is 1. The van der Waals surface area contributed by atoms with Crippen LogP contribution in [-0.4, -0.2) is 35.6 Å². The molecule has 1 atom stereocenters. The molecule has 0 aliphatic rings. The van der Waals surface area contributed by atoms with Gasteiger partial charge in [-0.1, -0.05) is 60.7 Å². The largest absolute Gasteiger partial charge is 0.464 e. The first-order chi connectivity index (χ1) is 12.6. The minimum atomic E-state index is -1.41. The highest BCUT2D eigenvalue weighted by atomic mass is 16.5. The monoisotopic (exact) mass is 355 g/mol. The molecule has 2 aromatic rings. The summed E-state index contributed by atoms with van der Waals surface area (Å²) in [4.78, 5) is 27.7. The lowest BCUT2D eigenvalue weighted by Gasteiger charge is -2.12. The molecule has 2 aromatic carbocycles. The summed E-state index contributed by atoms with van der Waals surface area (Å²) in [6.07, 6.45) is -2.34. The maximum absolute atomic E-state index is 12.1. The van der Waals surface area contributed by atoms with E-state index in [1.54, 1.807) is 31.2 Å². The van der Waals surface area contributed by atoms with Gasteiger partial charge in [-0.25, -0.2) is 9.59 Å². The predicted molar refractivity (Wildman–Crippen MR) is 96.9 cm³/mol. The fourth-order valence-electron chi connectivity index (χ4n) is 2.23. The van der Waals surface area contributed by atoms with E-state index in [1.165, 1.54) is 0 Å². The number of benzene rings is 2. The lowest BCUT2D eigenvalue weighted by molar-refractivity contribution is -0.152. The molecule has 0 fully saturated rings. The molecule has 0 saturated carbocycles. The van der Waals surface area contributed by atoms with Crippen molar-refractivity contribution in [3.05, 3.63) is 71.8 Å². The average Bonchev–Trinajstić information content (AvgIpc) is 2.67. The topological polar surface area (TPSA) is 85.2 Å². The standard InChI is InChI=1S/C20H21NO5/c1-2-25-19(23)18(22)13-17(16-11-7-4-8-12-16)21-20(24)26-14-15-9-5-3-6-10-15/h3-12,18,22H,2,13-14H2,1H3. The number of ether oxygens (including phenoxy) is 2. The van der Waals surface area contributed by atoms with E-state index in [0.29, 0.717) is 5.56 Å². The van der Waals surface area contributed by atoms with Crippen molar-refractivity contribution >= 4 is 17.8 Å². The van der Waals surface area contributed by atoms with E-state index in [4.69, 9.17) is 9.47 Å². The highest BCUT2D eigenvalue weighted by molar-refractivity contribution is 6.06. The zero-order valence-corrected chi connectivity index (χ0v) is 14.5. The van der Waals surface area contributed by atoms with E-state index in [2.05, 4.69) is 4.99 Å². The number of aliphatic hydroxyl groups excluding tert-OH is 1. The molecule has 136 valence electrons. The van der Waals surface area contributed by atoms with Gasteiger partial charge < -0.3 is 14.6 Å². The molecule has 0 bridgehead atoms. The van der Waals surface area contributed by atoms with Crippen LogP contribution in [0.1, 0.15) is 24.5 Å². The van der Waals surface area contributed by atoms with Crippen molar-refractivity contribution in [2.45, 2.75) is 26.1 Å². The Kier molecular flexibility index (Phi) is 7.51. The van der Waals surface area contributed by atoms with Gasteiger partial charge in [0.1, 0.15) is 6.61 Å². The summed E-state index contributed by atoms with van der Waals surface area (Å²) in [5, 5.41) is 9.99. The predicted octanol–water partition coefficient (Wildman–Crippen LogP) is 3.13. The van der Waals surface area contributed by atoms with Crippen LogP contribution >= 0.6 is 0 Å². The summed E-state index contributed by atoms with van der Waals surface area (Å²) in [5.74, 6) is -0.756. The number of nitrogens with zero attached hydrogens (tertiary/aromatic N) is 1. The van der Waals surface area contributed by atoms with Crippen LogP contribution in [0.3, 0.4) is 0 Å². The fraction of sp³-hybridized carbons (Fsp3) is 0.250. The first-order valence-corrected chi connectivity index (χ1v) is 8.28. The molecule has 2 rings (SSSR count). The molecule has 1 N–H and O–H groups in total. The molecule has 6 heteroatoms. The quantitative estimate of drug-likeness (QED) is 0.609. The molecule has 26 heavy (non-hydrogen) atoms. The maximum Gasteiger partial charge on any atom is 0.434 e. The zero-order valence-electron chi connectivity index (χ0n) is 14.5. The third-order valence-electron chi connectivity index (χ3n) is 3.48. The molecule has 0 aromatic heterocycles. The van der Waals surface area contributed by atoms with Gasteiger partial charge in [0, 0.05) is 6.42 Å². The second-order valence-electron chi connectivity index (χ2n) is 5.44. The lowest BCUT2D eigenvalue weighted by Crippen LogP contribution is -2.26. The summed E-state index contributed by atoms with van der Waals surface area (Å²) in [6, 6.07) is 18.1. The van der Waals surface area contributed by atoms with Gasteiger partial charge in [0.25, 0.3) is 0 Å². The highest BCUT2D eigenvalue weighted by Gasteiger charge is 2.20. The average molecular weight is 355 g/mol. The number of carbonyl (C=O) groups is 2. The van der Waals surface area contributed by atoms with Crippen LogP contribution in [0.2, 0.25) is 0 Å². The molecule has 0 radical (unpaired) electrons. The van der Waals surface area contributed by atoms with Gasteiger partial charge in [0.05, 0.1) is 12.3 Å². The highest BCUT2D eigenvalue weighted by Crippen LogP contribution is 2.10. The fourth-order valence-corrected chi connectivity index (χ4v) is 2.23. The molecule has 1 amide bonds. The Balaban J connectivity index is 2.10. The zero-order chi connectivity index (χ0) is 18.8. The van der Waals surface area contributed by atoms with Gasteiger partial charge in [-0.2, -0.15) is 4.99 Å². The molecule has 0 spiro atoms. The maximum atomic E-state index is 12.1. The van der Waals surface area contributed by atoms with Crippen molar-refractivity contribution in [3.8, 4) is 0 Å². The third kappa shape index (κ3) is 6.14. The van der Waals surface area contributed by atoms with Crippen molar-refractivity contribution in [1.82, 2.24) is 0 Å². The van der Waals surface area contributed by atoms with Crippen molar-refractivity contribution in [2.24, 2.45) is 4.99 Å². The van der Waals surface area contributed by atoms with Crippen LogP contribution in [0.5, 0.6) is 0 Å². The lowest BCUT2D eigenvalue weighted by atomic mass is 10.0. The summed E-state index contributed by atoms with van der Waals surface area (Å²) >= 11 is 0. The minimum absolute atomic E-state index is 0.0890. The van der Waals surface area contributed by atoms with Crippen molar-refractivity contribution < 1.29 is 24.2 Å².